The van der Waals surface area contributed by atoms with Crippen LogP contribution in [0.2, 0.25) is 0 Å². The first-order valence-electron chi connectivity index (χ1n) is 0.960. The van der Waals surface area contributed by atoms with Gasteiger partial charge in [0.15, 0.2) is 0 Å². The molecule has 0 aromatic carbocycles. The molecule has 0 bridgehead atoms. The van der Waals surface area contributed by atoms with Crippen LogP contribution in [-0.4, -0.2) is 5.52 Å². The van der Waals surface area contributed by atoms with Crippen LogP contribution >= 0.6 is 8.02 Å². The first-order valence-corrected chi connectivity index (χ1v) is 4.37. The van der Waals surface area contributed by atoms with Gasteiger partial charge >= 0.3 is 27.9 Å². The Balaban J connectivity index is -0.000000000184. The Morgan fingerprint density at radius 2 is 0.440 bits per heavy atom. The summed E-state index contributed by atoms with van der Waals surface area (Å²) in [5.41, 5.74) is 0. The number of halogens is 2. The summed E-state index contributed by atoms with van der Waals surface area (Å²) in [5.74, 6) is 0. The molecular weight excluding hydrogens is 461 g/mol. The van der Waals surface area contributed by atoms with Gasteiger partial charge in [0.05, 0.1) is 0 Å². The van der Waals surface area contributed by atoms with Crippen molar-refractivity contribution in [2.75, 3.05) is 4.93 Å². The zero-order valence-corrected chi connectivity index (χ0v) is 6.64. The molecule has 0 aliphatic carbocycles. The molecule has 0 rings (SSSR count). The second-order valence-corrected chi connectivity index (χ2v) is 0. The Labute approximate surface area is 200 Å². The van der Waals surface area contributed by atoms with Crippen LogP contribution in [0.3, 0.4) is 0 Å². The van der Waals surface area contributed by atoms with E-state index in [1.807, 2.05) is 4.93 Å². The number of hydrogen-bond acceptors (Lipinski definition) is 1. The molecule has 0 spiro atoms. The molecule has 0 aliphatic rings. The van der Waals surface area contributed by atoms with Gasteiger partial charge in [-0.25, -0.2) is 0 Å². The molecule has 196 valence electrons. The van der Waals surface area contributed by atoms with Crippen LogP contribution in [0.15, 0.2) is 0 Å². The molecular formula is C21H85FIPS-2. The van der Waals surface area contributed by atoms with Crippen molar-refractivity contribution in [2.24, 2.45) is 0 Å². The average Bonchev–Trinajstić information content (AvgIpc) is 1.46. The maximum atomic E-state index is 6.32. The molecule has 0 N–H and O–H groups in total. The molecule has 0 aliphatic heterocycles. The maximum absolute atomic E-state index is 6.32. The minimum Gasteiger partial charge on any atom is -1.00 e. The SMILES string of the molecule is C.C.C.C.C.C.C.C.C.C.C.C.C.C.C.C.C.C.C.C.P=S.[3H][I-]C.[F-]. The van der Waals surface area contributed by atoms with Crippen LogP contribution in [0.4, 0.5) is 0 Å². The van der Waals surface area contributed by atoms with Gasteiger partial charge in [0.1, 0.15) is 0 Å². The molecule has 4 heteroatoms. The molecule has 0 atom stereocenters. The van der Waals surface area contributed by atoms with Gasteiger partial charge < -0.3 is 4.70 Å². The van der Waals surface area contributed by atoms with E-state index >= 15 is 0 Å². The van der Waals surface area contributed by atoms with Gasteiger partial charge in [-0.2, -0.15) is 0 Å². The molecule has 0 amide bonds. The monoisotopic (exact) mass is 549 g/mol. The number of rotatable bonds is 0. The zero-order valence-electron chi connectivity index (χ0n) is 3.66. The summed E-state index contributed by atoms with van der Waals surface area (Å²) >= 11 is 3.73. The summed E-state index contributed by atoms with van der Waals surface area (Å²) in [5, 5.41) is 0. The summed E-state index contributed by atoms with van der Waals surface area (Å²) in [6.45, 7) is 0. The Morgan fingerprint density at radius 1 is 0.440 bits per heavy atom. The van der Waals surface area contributed by atoms with Gasteiger partial charge in [0, 0.05) is 0 Å². The van der Waals surface area contributed by atoms with Crippen LogP contribution in [0.5, 0.6) is 0 Å². The Bertz CT molecular complexity index is 34.0. The van der Waals surface area contributed by atoms with E-state index < -0.39 is 0 Å². The second kappa shape index (κ2) is 10600. The number of alkyl halides is 1. The van der Waals surface area contributed by atoms with Gasteiger partial charge in [-0.3, -0.25) is 0 Å². The van der Waals surface area contributed by atoms with Gasteiger partial charge in [-0.15, -0.1) is 0 Å². The Morgan fingerprint density at radius 3 is 0.440 bits per heavy atom. The summed E-state index contributed by atoms with van der Waals surface area (Å²) < 4.78 is 6.32. The van der Waals surface area contributed by atoms with E-state index in [0.29, 0.717) is 0 Å². The van der Waals surface area contributed by atoms with Crippen molar-refractivity contribution in [1.29, 1.82) is 0.594 Å². The maximum Gasteiger partial charge on any atom is -1.00 e. The topological polar surface area (TPSA) is 0 Å². The minimum atomic E-state index is -0.160. The van der Waals surface area contributed by atoms with Crippen molar-refractivity contribution in [3.63, 3.8) is 0 Å². The summed E-state index contributed by atoms with van der Waals surface area (Å²) in [4.78, 5) is 1.90. The third kappa shape index (κ3) is 9720. The van der Waals surface area contributed by atoms with Crippen molar-refractivity contribution < 1.29 is 27.1 Å². The fraction of sp³-hybridized carbons (Fsp3) is 1.00. The molecule has 0 saturated carbocycles. The molecule has 0 fully saturated rings. The third-order valence-corrected chi connectivity index (χ3v) is 0. The van der Waals surface area contributed by atoms with Crippen LogP contribution in [0, 0.1) is 0 Å². The van der Waals surface area contributed by atoms with E-state index in [2.05, 4.69) is 19.8 Å². The van der Waals surface area contributed by atoms with E-state index in [0.717, 1.165) is 0 Å². The zero-order chi connectivity index (χ0) is 4.71. The predicted octanol–water partition coefficient (Wildman–Crippen LogP) is 7.22. The Kier molecular flexibility index (Phi) is 402000. The molecule has 25 heavy (non-hydrogen) atoms. The van der Waals surface area contributed by atoms with Gasteiger partial charge in [-0.1, -0.05) is 160 Å². The first kappa shape index (κ1) is 950. The second-order valence-electron chi connectivity index (χ2n) is 0. The fourth-order valence-electron chi connectivity index (χ4n) is 0. The summed E-state index contributed by atoms with van der Waals surface area (Å²) in [6, 6.07) is 0. The summed E-state index contributed by atoms with van der Waals surface area (Å²) in [6.07, 6.45) is 0. The molecule has 0 saturated heterocycles. The largest absolute Gasteiger partial charge is 1.00 e. The first-order chi connectivity index (χ1) is 2.41. The Hall–Kier alpha value is 1.18. The number of hydrogen-bond donors (Lipinski definition) is 0. The van der Waals surface area contributed by atoms with Gasteiger partial charge in [0.2, 0.25) is 0 Å². The molecule has 0 heterocycles. The molecule has 0 nitrogen and oxygen atoms in total. The van der Waals surface area contributed by atoms with Crippen molar-refractivity contribution >= 4 is 19.8 Å². The van der Waals surface area contributed by atoms with Crippen LogP contribution < -0.4 is 27.1 Å². The summed E-state index contributed by atoms with van der Waals surface area (Å²) in [7, 11) is 2.56. The molecule has 0 radical (unpaired) electrons. The van der Waals surface area contributed by atoms with Crippen LogP contribution in [-0.2, 0) is 11.8 Å². The van der Waals surface area contributed by atoms with E-state index in [1.165, 1.54) is 0 Å². The van der Waals surface area contributed by atoms with Gasteiger partial charge in [-0.05, 0) is 8.02 Å². The van der Waals surface area contributed by atoms with Crippen molar-refractivity contribution in [3.05, 3.63) is 0 Å². The van der Waals surface area contributed by atoms with E-state index in [1.54, 1.807) is 0 Å². The van der Waals surface area contributed by atoms with Crippen molar-refractivity contribution in [1.82, 2.24) is 0 Å². The van der Waals surface area contributed by atoms with E-state index in [-0.39, 0.29) is 176 Å². The fourth-order valence-corrected chi connectivity index (χ4v) is 0. The molecule has 0 aromatic rings. The standard InChI is InChI=1S/CH4I.20CH4.FH.HPS/c1-2;;;;;;;;;;;;;;;;;;;;;;1-2/h2H,1H3;20*1H4;1H;1H/q-1;;;;;;;;;;;;;;;;;;;;;;/p-1/i2T;;;;;;;;;;;;;;;;;;;;;;. The predicted molar refractivity (Wildman–Crippen MR) is 158 cm³/mol. The molecule has 0 unspecified atom stereocenters. The quantitative estimate of drug-likeness (QED) is 0.175. The third-order valence-electron chi connectivity index (χ3n) is 0. The normalized spacial score (nSPS) is 1.08. The van der Waals surface area contributed by atoms with E-state index in [4.69, 9.17) is 0.594 Å². The minimum absolute atomic E-state index is 0. The van der Waals surface area contributed by atoms with E-state index in [9.17, 15) is 0 Å². The van der Waals surface area contributed by atoms with Gasteiger partial charge in [0.25, 0.3) is 0 Å². The van der Waals surface area contributed by atoms with Crippen molar-refractivity contribution in [3.8, 4) is 0 Å². The smallest absolute Gasteiger partial charge is 1.00 e. The van der Waals surface area contributed by atoms with Crippen LogP contribution in [0.25, 0.3) is 0 Å². The van der Waals surface area contributed by atoms with Crippen molar-refractivity contribution in [2.45, 2.75) is 149 Å². The molecule has 0 aromatic heterocycles. The average molecular weight is 549 g/mol. The van der Waals surface area contributed by atoms with Crippen LogP contribution in [0.1, 0.15) is 149 Å².